The van der Waals surface area contributed by atoms with Gasteiger partial charge in [-0.25, -0.2) is 0 Å². The molecule has 7 heteroatoms. The van der Waals surface area contributed by atoms with Crippen LogP contribution < -0.4 is 11.1 Å². The third-order valence-corrected chi connectivity index (χ3v) is 2.61. The average Bonchev–Trinajstić information content (AvgIpc) is 2.87. The summed E-state index contributed by atoms with van der Waals surface area (Å²) in [4.78, 5) is 21.6. The molecule has 0 atom stereocenters. The van der Waals surface area contributed by atoms with Crippen LogP contribution in [0.1, 0.15) is 17.9 Å². The van der Waals surface area contributed by atoms with Crippen molar-refractivity contribution in [1.29, 1.82) is 0 Å². The second-order valence-corrected chi connectivity index (χ2v) is 4.16. The van der Waals surface area contributed by atoms with Crippen molar-refractivity contribution in [2.24, 2.45) is 5.73 Å². The number of primary amides is 1. The molecular formula is C13H14N4O3. The molecule has 2 aromatic rings. The van der Waals surface area contributed by atoms with Gasteiger partial charge in [-0.3, -0.25) is 14.9 Å². The lowest BCUT2D eigenvalue weighted by Crippen LogP contribution is -2.29. The highest BCUT2D eigenvalue weighted by Crippen LogP contribution is 2.10. The number of carbonyl (C=O) groups is 2. The van der Waals surface area contributed by atoms with E-state index in [1.54, 1.807) is 0 Å². The first-order valence-electron chi connectivity index (χ1n) is 6.12. The maximum absolute atomic E-state index is 11.0. The van der Waals surface area contributed by atoms with E-state index < -0.39 is 11.8 Å². The topological polar surface area (TPSA) is 111 Å². The summed E-state index contributed by atoms with van der Waals surface area (Å²) in [6, 6.07) is 9.91. The zero-order chi connectivity index (χ0) is 14.4. The molecule has 2 amide bonds. The smallest absolute Gasteiger partial charge is 0.322 e. The number of aromatic nitrogens is 2. The van der Waals surface area contributed by atoms with Crippen molar-refractivity contribution in [1.82, 2.24) is 10.2 Å². The minimum absolute atomic E-state index is 0.122. The van der Waals surface area contributed by atoms with Crippen LogP contribution in [0.25, 0.3) is 0 Å². The van der Waals surface area contributed by atoms with Gasteiger partial charge in [0.05, 0.1) is 0 Å². The molecular weight excluding hydrogens is 260 g/mol. The highest BCUT2D eigenvalue weighted by Gasteiger charge is 2.13. The maximum atomic E-state index is 11.0. The summed E-state index contributed by atoms with van der Waals surface area (Å²) in [6.07, 6.45) is 2.33. The lowest BCUT2D eigenvalue weighted by Gasteiger charge is -1.98. The summed E-state index contributed by atoms with van der Waals surface area (Å²) in [5.74, 6) is -1.68. The lowest BCUT2D eigenvalue weighted by atomic mass is 10.1. The van der Waals surface area contributed by atoms with Crippen molar-refractivity contribution in [2.45, 2.75) is 19.3 Å². The predicted octanol–water partition coefficient (Wildman–Crippen LogP) is 0.669. The Bertz CT molecular complexity index is 595. The molecule has 1 aromatic heterocycles. The van der Waals surface area contributed by atoms with Crippen molar-refractivity contribution in [2.75, 3.05) is 5.32 Å². The molecule has 3 N–H and O–H groups in total. The van der Waals surface area contributed by atoms with Gasteiger partial charge >= 0.3 is 17.8 Å². The summed E-state index contributed by atoms with van der Waals surface area (Å²) in [6.45, 7) is 0. The van der Waals surface area contributed by atoms with E-state index in [2.05, 4.69) is 15.5 Å². The Morgan fingerprint density at radius 3 is 2.60 bits per heavy atom. The van der Waals surface area contributed by atoms with E-state index in [9.17, 15) is 9.59 Å². The first-order chi connectivity index (χ1) is 9.65. The Labute approximate surface area is 115 Å². The second kappa shape index (κ2) is 6.46. The predicted molar refractivity (Wildman–Crippen MR) is 70.6 cm³/mol. The van der Waals surface area contributed by atoms with Crippen molar-refractivity contribution < 1.29 is 14.0 Å². The molecule has 0 saturated heterocycles. The van der Waals surface area contributed by atoms with Crippen LogP contribution >= 0.6 is 0 Å². The number of anilines is 1. The second-order valence-electron chi connectivity index (χ2n) is 4.16. The van der Waals surface area contributed by atoms with E-state index in [1.165, 1.54) is 5.56 Å². The molecule has 104 valence electrons. The van der Waals surface area contributed by atoms with Crippen LogP contribution in [0.5, 0.6) is 0 Å². The van der Waals surface area contributed by atoms with Gasteiger partial charge in [0.25, 0.3) is 0 Å². The Balaban J connectivity index is 1.81. The standard InChI is InChI=1S/C13H14N4O3/c14-11(18)12(19)15-13-17-16-10(20-13)8-4-7-9-5-2-1-3-6-9/h1-3,5-6H,4,7-8H2,(H2,14,18)(H,15,17,19). The number of hydrogen-bond donors (Lipinski definition) is 2. The molecule has 0 fully saturated rings. The molecule has 0 bridgehead atoms. The van der Waals surface area contributed by atoms with Gasteiger partial charge < -0.3 is 10.2 Å². The number of nitrogens with zero attached hydrogens (tertiary/aromatic N) is 2. The third kappa shape index (κ3) is 3.91. The Hall–Kier alpha value is -2.70. The molecule has 0 aliphatic rings. The molecule has 0 aliphatic heterocycles. The van der Waals surface area contributed by atoms with E-state index in [0.29, 0.717) is 12.3 Å². The fourth-order valence-electron chi connectivity index (χ4n) is 1.65. The molecule has 0 saturated carbocycles. The van der Waals surface area contributed by atoms with Gasteiger partial charge in [0.2, 0.25) is 5.89 Å². The molecule has 0 unspecified atom stereocenters. The van der Waals surface area contributed by atoms with Gasteiger partial charge in [0.15, 0.2) is 0 Å². The Kier molecular flexibility index (Phi) is 4.43. The van der Waals surface area contributed by atoms with Crippen molar-refractivity contribution in [3.63, 3.8) is 0 Å². The number of hydrogen-bond acceptors (Lipinski definition) is 5. The first-order valence-corrected chi connectivity index (χ1v) is 6.12. The molecule has 1 heterocycles. The van der Waals surface area contributed by atoms with Gasteiger partial charge in [-0.1, -0.05) is 35.4 Å². The summed E-state index contributed by atoms with van der Waals surface area (Å²) in [5.41, 5.74) is 6.03. The quantitative estimate of drug-likeness (QED) is 0.778. The number of nitrogens with two attached hydrogens (primary N) is 1. The molecule has 0 spiro atoms. The number of benzene rings is 1. The van der Waals surface area contributed by atoms with Crippen LogP contribution in [0.2, 0.25) is 0 Å². The van der Waals surface area contributed by atoms with Gasteiger partial charge in [-0.2, -0.15) is 0 Å². The van der Waals surface area contributed by atoms with Crippen molar-refractivity contribution >= 4 is 17.8 Å². The van der Waals surface area contributed by atoms with E-state index in [4.69, 9.17) is 10.2 Å². The van der Waals surface area contributed by atoms with Gasteiger partial charge in [-0.15, -0.1) is 5.10 Å². The number of nitrogens with one attached hydrogen (secondary N) is 1. The zero-order valence-electron chi connectivity index (χ0n) is 10.7. The van der Waals surface area contributed by atoms with Crippen LogP contribution in [-0.2, 0) is 22.4 Å². The number of rotatable bonds is 5. The fraction of sp³-hybridized carbons (Fsp3) is 0.231. The average molecular weight is 274 g/mol. The molecule has 1 aromatic carbocycles. The van der Waals surface area contributed by atoms with Crippen LogP contribution in [0.15, 0.2) is 34.7 Å². The van der Waals surface area contributed by atoms with Gasteiger partial charge in [-0.05, 0) is 18.4 Å². The van der Waals surface area contributed by atoms with Crippen LogP contribution in [0.4, 0.5) is 6.01 Å². The maximum Gasteiger partial charge on any atom is 0.322 e. The molecule has 20 heavy (non-hydrogen) atoms. The van der Waals surface area contributed by atoms with E-state index in [0.717, 1.165) is 12.8 Å². The first kappa shape index (κ1) is 13.7. The van der Waals surface area contributed by atoms with Crippen molar-refractivity contribution in [3.8, 4) is 0 Å². The van der Waals surface area contributed by atoms with Crippen LogP contribution in [0.3, 0.4) is 0 Å². The van der Waals surface area contributed by atoms with E-state index in [-0.39, 0.29) is 6.01 Å². The number of aryl methyl sites for hydroxylation is 2. The van der Waals surface area contributed by atoms with Crippen LogP contribution in [-0.4, -0.2) is 22.0 Å². The Morgan fingerprint density at radius 1 is 1.15 bits per heavy atom. The zero-order valence-corrected chi connectivity index (χ0v) is 10.7. The Morgan fingerprint density at radius 2 is 1.90 bits per heavy atom. The summed E-state index contributed by atoms with van der Waals surface area (Å²) < 4.78 is 5.18. The summed E-state index contributed by atoms with van der Waals surface area (Å²) in [5, 5.41) is 9.50. The van der Waals surface area contributed by atoms with Gasteiger partial charge in [0, 0.05) is 6.42 Å². The molecule has 7 nitrogen and oxygen atoms in total. The van der Waals surface area contributed by atoms with E-state index in [1.807, 2.05) is 30.3 Å². The SMILES string of the molecule is NC(=O)C(=O)Nc1nnc(CCCc2ccccc2)o1. The van der Waals surface area contributed by atoms with Gasteiger partial charge in [0.1, 0.15) is 0 Å². The fourth-order valence-corrected chi connectivity index (χ4v) is 1.65. The van der Waals surface area contributed by atoms with E-state index >= 15 is 0 Å². The van der Waals surface area contributed by atoms with Crippen LogP contribution in [0, 0.1) is 0 Å². The molecule has 0 radical (unpaired) electrons. The minimum Gasteiger partial charge on any atom is -0.408 e. The number of amides is 2. The highest BCUT2D eigenvalue weighted by molar-refractivity contribution is 6.38. The lowest BCUT2D eigenvalue weighted by molar-refractivity contribution is -0.134. The largest absolute Gasteiger partial charge is 0.408 e. The monoisotopic (exact) mass is 274 g/mol. The highest BCUT2D eigenvalue weighted by atomic mass is 16.4. The normalized spacial score (nSPS) is 10.2. The summed E-state index contributed by atoms with van der Waals surface area (Å²) in [7, 11) is 0. The minimum atomic E-state index is -1.10. The number of carbonyl (C=O) groups excluding carboxylic acids is 2. The molecule has 2 rings (SSSR count). The molecule has 0 aliphatic carbocycles. The summed E-state index contributed by atoms with van der Waals surface area (Å²) >= 11 is 0. The van der Waals surface area contributed by atoms with Crippen molar-refractivity contribution in [3.05, 3.63) is 41.8 Å². The third-order valence-electron chi connectivity index (χ3n) is 2.61.